The van der Waals surface area contributed by atoms with Crippen molar-refractivity contribution in [1.29, 1.82) is 0 Å². The van der Waals surface area contributed by atoms with Gasteiger partial charge in [-0.2, -0.15) is 0 Å². The maximum atomic E-state index is 4.78. The SMILES string of the molecule is CCNCC(=Cc1sc(N2CCCCC2)nc1C)CC. The Bertz CT molecular complexity index is 445. The second-order valence-electron chi connectivity index (χ2n) is 5.43. The van der Waals surface area contributed by atoms with Crippen LogP contribution in [0.1, 0.15) is 50.1 Å². The highest BCUT2D eigenvalue weighted by atomic mass is 32.1. The molecule has 1 N–H and O–H groups in total. The molecule has 112 valence electrons. The Kier molecular flexibility index (Phi) is 6.05. The van der Waals surface area contributed by atoms with Gasteiger partial charge in [0.05, 0.1) is 10.6 Å². The van der Waals surface area contributed by atoms with Crippen LogP contribution in [0.3, 0.4) is 0 Å². The van der Waals surface area contributed by atoms with Crippen LogP contribution in [0.15, 0.2) is 5.57 Å². The van der Waals surface area contributed by atoms with Gasteiger partial charge < -0.3 is 10.2 Å². The molecule has 1 fully saturated rings. The fourth-order valence-electron chi connectivity index (χ4n) is 2.50. The minimum Gasteiger partial charge on any atom is -0.348 e. The number of nitrogens with zero attached hydrogens (tertiary/aromatic N) is 2. The molecule has 1 aliphatic rings. The number of rotatable bonds is 6. The molecule has 0 unspecified atom stereocenters. The third kappa shape index (κ3) is 4.06. The predicted octanol–water partition coefficient (Wildman–Crippen LogP) is 3.84. The third-order valence-electron chi connectivity index (χ3n) is 3.84. The van der Waals surface area contributed by atoms with Gasteiger partial charge >= 0.3 is 0 Å². The van der Waals surface area contributed by atoms with E-state index in [0.717, 1.165) is 19.5 Å². The molecule has 0 aromatic carbocycles. The van der Waals surface area contributed by atoms with Crippen molar-refractivity contribution in [2.24, 2.45) is 0 Å². The molecule has 20 heavy (non-hydrogen) atoms. The lowest BCUT2D eigenvalue weighted by Gasteiger charge is -2.25. The molecule has 2 rings (SSSR count). The van der Waals surface area contributed by atoms with E-state index in [2.05, 4.69) is 37.1 Å². The summed E-state index contributed by atoms with van der Waals surface area (Å²) < 4.78 is 0. The second-order valence-corrected chi connectivity index (χ2v) is 6.44. The van der Waals surface area contributed by atoms with E-state index in [1.807, 2.05) is 11.3 Å². The average molecular weight is 293 g/mol. The number of piperidine rings is 1. The van der Waals surface area contributed by atoms with E-state index in [0.29, 0.717) is 0 Å². The zero-order valence-electron chi connectivity index (χ0n) is 13.0. The first kappa shape index (κ1) is 15.5. The number of hydrogen-bond donors (Lipinski definition) is 1. The second kappa shape index (κ2) is 7.79. The quantitative estimate of drug-likeness (QED) is 0.863. The summed E-state index contributed by atoms with van der Waals surface area (Å²) in [4.78, 5) is 8.57. The predicted molar refractivity (Wildman–Crippen MR) is 89.7 cm³/mol. The summed E-state index contributed by atoms with van der Waals surface area (Å²) in [6.07, 6.45) is 7.43. The van der Waals surface area contributed by atoms with Gasteiger partial charge in [0.25, 0.3) is 0 Å². The summed E-state index contributed by atoms with van der Waals surface area (Å²) in [6.45, 7) is 10.9. The first-order valence-electron chi connectivity index (χ1n) is 7.87. The fourth-order valence-corrected chi connectivity index (χ4v) is 3.61. The number of thiazole rings is 1. The number of nitrogens with one attached hydrogen (secondary N) is 1. The monoisotopic (exact) mass is 293 g/mol. The standard InChI is InChI=1S/C16H27N3S/c1-4-14(12-17-5-2)11-15-13(3)18-16(20-15)19-9-7-6-8-10-19/h11,17H,4-10,12H2,1-3H3. The molecule has 1 aromatic rings. The van der Waals surface area contributed by atoms with E-state index in [1.165, 1.54) is 53.6 Å². The van der Waals surface area contributed by atoms with Crippen LogP contribution in [0.25, 0.3) is 6.08 Å². The number of likely N-dealkylation sites (N-methyl/N-ethyl adjacent to an activating group) is 1. The smallest absolute Gasteiger partial charge is 0.186 e. The fraction of sp³-hybridized carbons (Fsp3) is 0.688. The Morgan fingerprint density at radius 1 is 1.30 bits per heavy atom. The van der Waals surface area contributed by atoms with Crippen molar-refractivity contribution in [1.82, 2.24) is 10.3 Å². The van der Waals surface area contributed by atoms with Crippen molar-refractivity contribution in [3.8, 4) is 0 Å². The molecular formula is C16H27N3S. The van der Waals surface area contributed by atoms with Crippen LogP contribution >= 0.6 is 11.3 Å². The van der Waals surface area contributed by atoms with Gasteiger partial charge in [-0.15, -0.1) is 0 Å². The zero-order chi connectivity index (χ0) is 14.4. The van der Waals surface area contributed by atoms with Crippen LogP contribution < -0.4 is 10.2 Å². The van der Waals surface area contributed by atoms with E-state index < -0.39 is 0 Å². The topological polar surface area (TPSA) is 28.2 Å². The molecule has 0 atom stereocenters. The molecule has 0 bridgehead atoms. The summed E-state index contributed by atoms with van der Waals surface area (Å²) in [6, 6.07) is 0. The van der Waals surface area contributed by atoms with E-state index in [-0.39, 0.29) is 0 Å². The lowest BCUT2D eigenvalue weighted by atomic mass is 10.1. The van der Waals surface area contributed by atoms with Gasteiger partial charge in [0.1, 0.15) is 0 Å². The van der Waals surface area contributed by atoms with Gasteiger partial charge in [-0.1, -0.05) is 30.8 Å². The van der Waals surface area contributed by atoms with Gasteiger partial charge in [0, 0.05) is 19.6 Å². The van der Waals surface area contributed by atoms with Gasteiger partial charge in [0.15, 0.2) is 5.13 Å². The Labute approximate surface area is 127 Å². The van der Waals surface area contributed by atoms with Crippen molar-refractivity contribution in [3.05, 3.63) is 16.1 Å². The van der Waals surface area contributed by atoms with Crippen LogP contribution in [-0.4, -0.2) is 31.2 Å². The number of aryl methyl sites for hydroxylation is 1. The van der Waals surface area contributed by atoms with E-state index in [4.69, 9.17) is 4.98 Å². The Morgan fingerprint density at radius 3 is 2.70 bits per heavy atom. The van der Waals surface area contributed by atoms with Crippen molar-refractivity contribution in [3.63, 3.8) is 0 Å². The molecule has 1 aromatic heterocycles. The largest absolute Gasteiger partial charge is 0.348 e. The molecule has 0 saturated carbocycles. The average Bonchev–Trinajstić information content (AvgIpc) is 2.85. The minimum atomic E-state index is 0.989. The maximum absolute atomic E-state index is 4.78. The van der Waals surface area contributed by atoms with Crippen LogP contribution in [0.4, 0.5) is 5.13 Å². The molecule has 0 radical (unpaired) electrons. The first-order valence-corrected chi connectivity index (χ1v) is 8.68. The van der Waals surface area contributed by atoms with Crippen molar-refractivity contribution in [2.75, 3.05) is 31.1 Å². The van der Waals surface area contributed by atoms with Crippen LogP contribution in [0.2, 0.25) is 0 Å². The Balaban J connectivity index is 2.11. The van der Waals surface area contributed by atoms with Crippen LogP contribution in [0, 0.1) is 6.92 Å². The Morgan fingerprint density at radius 2 is 2.05 bits per heavy atom. The zero-order valence-corrected chi connectivity index (χ0v) is 13.9. The summed E-state index contributed by atoms with van der Waals surface area (Å²) in [5.41, 5.74) is 2.64. The van der Waals surface area contributed by atoms with Gasteiger partial charge in [-0.05, 0) is 45.2 Å². The molecule has 4 heteroatoms. The summed E-state index contributed by atoms with van der Waals surface area (Å²) in [7, 11) is 0. The highest BCUT2D eigenvalue weighted by Crippen LogP contribution is 2.30. The summed E-state index contributed by atoms with van der Waals surface area (Å²) >= 11 is 1.85. The minimum absolute atomic E-state index is 0.989. The number of anilines is 1. The summed E-state index contributed by atoms with van der Waals surface area (Å²) in [5.74, 6) is 0. The van der Waals surface area contributed by atoms with Crippen LogP contribution in [0.5, 0.6) is 0 Å². The van der Waals surface area contributed by atoms with E-state index in [9.17, 15) is 0 Å². The van der Waals surface area contributed by atoms with E-state index >= 15 is 0 Å². The van der Waals surface area contributed by atoms with Crippen LogP contribution in [-0.2, 0) is 0 Å². The lowest BCUT2D eigenvalue weighted by molar-refractivity contribution is 0.576. The lowest BCUT2D eigenvalue weighted by Crippen LogP contribution is -2.29. The molecule has 2 heterocycles. The molecule has 0 amide bonds. The third-order valence-corrected chi connectivity index (χ3v) is 5.00. The maximum Gasteiger partial charge on any atom is 0.186 e. The van der Waals surface area contributed by atoms with Gasteiger partial charge in [-0.3, -0.25) is 0 Å². The first-order chi connectivity index (χ1) is 9.74. The van der Waals surface area contributed by atoms with E-state index in [1.54, 1.807) is 0 Å². The molecule has 1 aliphatic heterocycles. The van der Waals surface area contributed by atoms with Crippen molar-refractivity contribution < 1.29 is 0 Å². The van der Waals surface area contributed by atoms with Crippen molar-refractivity contribution in [2.45, 2.75) is 46.5 Å². The molecule has 3 nitrogen and oxygen atoms in total. The normalized spacial score (nSPS) is 16.8. The Hall–Kier alpha value is -0.870. The van der Waals surface area contributed by atoms with Gasteiger partial charge in [0.2, 0.25) is 0 Å². The highest BCUT2D eigenvalue weighted by Gasteiger charge is 2.15. The number of aromatic nitrogens is 1. The molecular weight excluding hydrogens is 266 g/mol. The molecule has 0 aliphatic carbocycles. The molecule has 1 saturated heterocycles. The van der Waals surface area contributed by atoms with Crippen molar-refractivity contribution >= 4 is 22.5 Å². The highest BCUT2D eigenvalue weighted by molar-refractivity contribution is 7.16. The summed E-state index contributed by atoms with van der Waals surface area (Å²) in [5, 5.41) is 4.63. The number of hydrogen-bond acceptors (Lipinski definition) is 4. The van der Waals surface area contributed by atoms with Gasteiger partial charge in [-0.25, -0.2) is 4.98 Å². The molecule has 0 spiro atoms.